The van der Waals surface area contributed by atoms with Crippen molar-refractivity contribution < 1.29 is 18.7 Å². The molecule has 1 aromatic carbocycles. The number of methoxy groups -OCH3 is 1. The van der Waals surface area contributed by atoms with E-state index >= 15 is 0 Å². The number of rotatable bonds is 9. The standard InChI is InChI=1S/C21H28BrN3O4/c1-15(2)25(21(27)23-18-8-6-17(22)7-9-18)14-20(26)24(11-12-28-4)13-19-10-5-16(3)29-19/h5-10,15H,11-14H2,1-4H3,(H,23,27). The SMILES string of the molecule is COCCN(Cc1ccc(C)o1)C(=O)CN(C(=O)Nc1ccc(Br)cc1)C(C)C. The molecule has 7 nitrogen and oxygen atoms in total. The molecule has 0 aliphatic heterocycles. The van der Waals surface area contributed by atoms with E-state index in [1.54, 1.807) is 24.1 Å². The van der Waals surface area contributed by atoms with Crippen molar-refractivity contribution in [2.24, 2.45) is 0 Å². The van der Waals surface area contributed by atoms with Gasteiger partial charge in [-0.3, -0.25) is 4.79 Å². The Morgan fingerprint density at radius 3 is 2.41 bits per heavy atom. The zero-order valence-corrected chi connectivity index (χ0v) is 18.9. The van der Waals surface area contributed by atoms with Crippen molar-refractivity contribution in [3.05, 3.63) is 52.4 Å². The van der Waals surface area contributed by atoms with Gasteiger partial charge >= 0.3 is 6.03 Å². The Morgan fingerprint density at radius 2 is 1.86 bits per heavy atom. The van der Waals surface area contributed by atoms with Gasteiger partial charge in [0, 0.05) is 29.9 Å². The Balaban J connectivity index is 2.07. The highest BCUT2D eigenvalue weighted by Crippen LogP contribution is 2.16. The van der Waals surface area contributed by atoms with E-state index in [1.807, 2.05) is 45.0 Å². The van der Waals surface area contributed by atoms with Gasteiger partial charge < -0.3 is 24.3 Å². The first-order valence-corrected chi connectivity index (χ1v) is 10.2. The van der Waals surface area contributed by atoms with Crippen LogP contribution < -0.4 is 5.32 Å². The third kappa shape index (κ3) is 7.21. The molecule has 0 aliphatic carbocycles. The van der Waals surface area contributed by atoms with Crippen LogP contribution in [0, 0.1) is 6.92 Å². The molecule has 8 heteroatoms. The van der Waals surface area contributed by atoms with Gasteiger partial charge in [-0.25, -0.2) is 4.79 Å². The van der Waals surface area contributed by atoms with Gasteiger partial charge in [0.05, 0.1) is 13.2 Å². The fourth-order valence-electron chi connectivity index (χ4n) is 2.71. The van der Waals surface area contributed by atoms with Crippen LogP contribution >= 0.6 is 15.9 Å². The Hall–Kier alpha value is -2.32. The third-order valence-corrected chi connectivity index (χ3v) is 4.87. The molecule has 29 heavy (non-hydrogen) atoms. The lowest BCUT2D eigenvalue weighted by Crippen LogP contribution is -2.47. The zero-order chi connectivity index (χ0) is 21.4. The quantitative estimate of drug-likeness (QED) is 0.599. The van der Waals surface area contributed by atoms with E-state index in [1.165, 1.54) is 4.90 Å². The highest BCUT2D eigenvalue weighted by molar-refractivity contribution is 9.10. The lowest BCUT2D eigenvalue weighted by molar-refractivity contribution is -0.133. The Morgan fingerprint density at radius 1 is 1.17 bits per heavy atom. The molecular weight excluding hydrogens is 438 g/mol. The molecule has 2 aromatic rings. The van der Waals surface area contributed by atoms with Crippen molar-refractivity contribution >= 4 is 33.6 Å². The maximum atomic E-state index is 13.0. The van der Waals surface area contributed by atoms with Crippen molar-refractivity contribution in [1.29, 1.82) is 0 Å². The number of furan rings is 1. The highest BCUT2D eigenvalue weighted by atomic mass is 79.9. The summed E-state index contributed by atoms with van der Waals surface area (Å²) in [7, 11) is 1.59. The molecule has 0 aliphatic rings. The number of nitrogens with one attached hydrogen (secondary N) is 1. The Bertz CT molecular complexity index is 805. The molecule has 0 atom stereocenters. The highest BCUT2D eigenvalue weighted by Gasteiger charge is 2.24. The van der Waals surface area contributed by atoms with Gasteiger partial charge in [-0.2, -0.15) is 0 Å². The van der Waals surface area contributed by atoms with E-state index in [9.17, 15) is 9.59 Å². The van der Waals surface area contributed by atoms with Crippen LogP contribution in [-0.4, -0.2) is 54.6 Å². The molecule has 1 N–H and O–H groups in total. The molecule has 158 valence electrons. The number of hydrogen-bond acceptors (Lipinski definition) is 4. The number of aryl methyl sites for hydroxylation is 1. The number of carbonyl (C=O) groups excluding carboxylic acids is 2. The minimum Gasteiger partial charge on any atom is -0.464 e. The summed E-state index contributed by atoms with van der Waals surface area (Å²) in [6.45, 7) is 6.72. The monoisotopic (exact) mass is 465 g/mol. The van der Waals surface area contributed by atoms with Crippen molar-refractivity contribution in [3.63, 3.8) is 0 Å². The van der Waals surface area contributed by atoms with Crippen LogP contribution in [0.5, 0.6) is 0 Å². The van der Waals surface area contributed by atoms with Crippen LogP contribution in [0.3, 0.4) is 0 Å². The van der Waals surface area contributed by atoms with Gasteiger partial charge in [0.1, 0.15) is 18.1 Å². The van der Waals surface area contributed by atoms with Crippen molar-refractivity contribution in [2.75, 3.05) is 32.1 Å². The van der Waals surface area contributed by atoms with Gasteiger partial charge in [0.15, 0.2) is 0 Å². The zero-order valence-electron chi connectivity index (χ0n) is 17.3. The molecule has 0 spiro atoms. The summed E-state index contributed by atoms with van der Waals surface area (Å²) in [6.07, 6.45) is 0. The van der Waals surface area contributed by atoms with Gasteiger partial charge in [0.25, 0.3) is 0 Å². The van der Waals surface area contributed by atoms with E-state index in [2.05, 4.69) is 21.2 Å². The minimum absolute atomic E-state index is 0.0383. The van der Waals surface area contributed by atoms with E-state index < -0.39 is 0 Å². The maximum Gasteiger partial charge on any atom is 0.322 e. The average molecular weight is 466 g/mol. The van der Waals surface area contributed by atoms with Crippen LogP contribution in [0.25, 0.3) is 0 Å². The summed E-state index contributed by atoms with van der Waals surface area (Å²) in [4.78, 5) is 28.9. The van der Waals surface area contributed by atoms with Crippen LogP contribution in [0.1, 0.15) is 25.4 Å². The summed E-state index contributed by atoms with van der Waals surface area (Å²) < 4.78 is 11.7. The van der Waals surface area contributed by atoms with E-state index in [4.69, 9.17) is 9.15 Å². The summed E-state index contributed by atoms with van der Waals surface area (Å²) >= 11 is 3.37. The topological polar surface area (TPSA) is 75.0 Å². The molecule has 0 fully saturated rings. The van der Waals surface area contributed by atoms with Crippen LogP contribution in [0.4, 0.5) is 10.5 Å². The summed E-state index contributed by atoms with van der Waals surface area (Å²) in [5.74, 6) is 1.31. The number of hydrogen-bond donors (Lipinski definition) is 1. The number of halogens is 1. The number of urea groups is 1. The van der Waals surface area contributed by atoms with Crippen molar-refractivity contribution in [2.45, 2.75) is 33.4 Å². The predicted octanol–water partition coefficient (Wildman–Crippen LogP) is 4.27. The molecule has 0 unspecified atom stereocenters. The minimum atomic E-state index is -0.323. The first-order chi connectivity index (χ1) is 13.8. The van der Waals surface area contributed by atoms with Crippen LogP contribution in [0.15, 0.2) is 45.3 Å². The van der Waals surface area contributed by atoms with Crippen LogP contribution in [0.2, 0.25) is 0 Å². The van der Waals surface area contributed by atoms with Gasteiger partial charge in [-0.15, -0.1) is 0 Å². The lowest BCUT2D eigenvalue weighted by Gasteiger charge is -2.29. The number of nitrogens with zero attached hydrogens (tertiary/aromatic N) is 2. The average Bonchev–Trinajstić information content (AvgIpc) is 3.09. The first kappa shape index (κ1) is 23.0. The third-order valence-electron chi connectivity index (χ3n) is 4.35. The number of anilines is 1. The predicted molar refractivity (Wildman–Crippen MR) is 116 cm³/mol. The van der Waals surface area contributed by atoms with E-state index in [0.717, 1.165) is 10.2 Å². The fraction of sp³-hybridized carbons (Fsp3) is 0.429. The molecule has 2 rings (SSSR count). The van der Waals surface area contributed by atoms with Crippen LogP contribution in [-0.2, 0) is 16.1 Å². The molecule has 0 radical (unpaired) electrons. The fourth-order valence-corrected chi connectivity index (χ4v) is 2.98. The Kier molecular flexibility index (Phi) is 8.72. The van der Waals surface area contributed by atoms with Gasteiger partial charge in [-0.1, -0.05) is 15.9 Å². The maximum absolute atomic E-state index is 13.0. The summed E-state index contributed by atoms with van der Waals surface area (Å²) in [6, 6.07) is 10.5. The first-order valence-electron chi connectivity index (χ1n) is 9.45. The number of carbonyl (C=O) groups is 2. The number of amides is 3. The lowest BCUT2D eigenvalue weighted by atomic mass is 10.3. The van der Waals surface area contributed by atoms with E-state index in [0.29, 0.717) is 31.1 Å². The second-order valence-electron chi connectivity index (χ2n) is 6.98. The Labute approximate surface area is 180 Å². The molecule has 0 bridgehead atoms. The summed E-state index contributed by atoms with van der Waals surface area (Å²) in [5.41, 5.74) is 0.665. The van der Waals surface area contributed by atoms with Gasteiger partial charge in [-0.05, 0) is 57.2 Å². The van der Waals surface area contributed by atoms with Crippen molar-refractivity contribution in [1.82, 2.24) is 9.80 Å². The molecule has 0 saturated heterocycles. The molecular formula is C21H28BrN3O4. The smallest absolute Gasteiger partial charge is 0.322 e. The second-order valence-corrected chi connectivity index (χ2v) is 7.89. The molecule has 3 amide bonds. The second kappa shape index (κ2) is 11.0. The largest absolute Gasteiger partial charge is 0.464 e. The normalized spacial score (nSPS) is 10.8. The molecule has 1 aromatic heterocycles. The molecule has 1 heterocycles. The van der Waals surface area contributed by atoms with E-state index in [-0.39, 0.29) is 24.5 Å². The van der Waals surface area contributed by atoms with Crippen molar-refractivity contribution in [3.8, 4) is 0 Å². The molecule has 0 saturated carbocycles. The number of benzene rings is 1. The van der Waals surface area contributed by atoms with Gasteiger partial charge in [0.2, 0.25) is 5.91 Å². The summed E-state index contributed by atoms with van der Waals surface area (Å²) in [5, 5.41) is 2.84. The number of ether oxygens (including phenoxy) is 1.